The third-order valence-electron chi connectivity index (χ3n) is 1.88. The van der Waals surface area contributed by atoms with Crippen LogP contribution in [0, 0.1) is 5.82 Å². The molecular formula is C13H13FO4. The Morgan fingerprint density at radius 1 is 1.11 bits per heavy atom. The third-order valence-corrected chi connectivity index (χ3v) is 1.88. The molecule has 96 valence electrons. The molecule has 0 aliphatic rings. The quantitative estimate of drug-likeness (QED) is 0.609. The number of carbonyl (C=O) groups is 2. The van der Waals surface area contributed by atoms with Crippen molar-refractivity contribution >= 4 is 18.0 Å². The minimum atomic E-state index is -1.08. The molecule has 0 heterocycles. The molecule has 0 aliphatic carbocycles. The highest BCUT2D eigenvalue weighted by atomic mass is 19.1. The molecule has 0 fully saturated rings. The van der Waals surface area contributed by atoms with Crippen molar-refractivity contribution in [3.63, 3.8) is 0 Å². The second kappa shape index (κ2) is 6.54. The van der Waals surface area contributed by atoms with Crippen LogP contribution in [-0.2, 0) is 19.1 Å². The van der Waals surface area contributed by atoms with Crippen LogP contribution >= 0.6 is 0 Å². The van der Waals surface area contributed by atoms with E-state index >= 15 is 0 Å². The molecule has 0 saturated heterocycles. The van der Waals surface area contributed by atoms with Gasteiger partial charge in [-0.2, -0.15) is 0 Å². The largest absolute Gasteiger partial charge is 0.421 e. The number of hydrogen-bond donors (Lipinski definition) is 0. The van der Waals surface area contributed by atoms with Gasteiger partial charge >= 0.3 is 11.9 Å². The van der Waals surface area contributed by atoms with Crippen molar-refractivity contribution in [3.05, 3.63) is 41.7 Å². The molecule has 1 aromatic rings. The maximum absolute atomic E-state index is 12.7. The fourth-order valence-corrected chi connectivity index (χ4v) is 1.19. The van der Waals surface area contributed by atoms with E-state index in [2.05, 4.69) is 0 Å². The molecule has 0 aliphatic heterocycles. The maximum atomic E-state index is 12.7. The fraction of sp³-hybridized carbons (Fsp3) is 0.231. The monoisotopic (exact) mass is 252 g/mol. The van der Waals surface area contributed by atoms with Gasteiger partial charge in [0.05, 0.1) is 0 Å². The summed E-state index contributed by atoms with van der Waals surface area (Å²) in [6.45, 7) is 2.42. The summed E-state index contributed by atoms with van der Waals surface area (Å²) in [5.41, 5.74) is 0.695. The Hall–Kier alpha value is -2.17. The van der Waals surface area contributed by atoms with Crippen molar-refractivity contribution in [3.8, 4) is 0 Å². The second-order valence-electron chi connectivity index (χ2n) is 3.50. The van der Waals surface area contributed by atoms with Crippen molar-refractivity contribution in [2.24, 2.45) is 0 Å². The van der Waals surface area contributed by atoms with Crippen molar-refractivity contribution in [1.29, 1.82) is 0 Å². The molecule has 0 atom stereocenters. The normalized spacial score (nSPS) is 10.7. The lowest BCUT2D eigenvalue weighted by molar-refractivity contribution is -0.176. The number of carbonyl (C=O) groups excluding carboxylic acids is 2. The van der Waals surface area contributed by atoms with Crippen LogP contribution in [0.1, 0.15) is 19.4 Å². The summed E-state index contributed by atoms with van der Waals surface area (Å²) in [7, 11) is 0. The molecule has 0 amide bonds. The van der Waals surface area contributed by atoms with E-state index < -0.39 is 18.2 Å². The predicted octanol–water partition coefficient (Wildman–Crippen LogP) is 2.29. The average molecular weight is 252 g/mol. The van der Waals surface area contributed by atoms with E-state index in [1.54, 1.807) is 18.2 Å². The Labute approximate surface area is 104 Å². The topological polar surface area (TPSA) is 52.6 Å². The summed E-state index contributed by atoms with van der Waals surface area (Å²) in [5, 5.41) is 0. The lowest BCUT2D eigenvalue weighted by atomic mass is 10.2. The molecule has 0 aromatic heterocycles. The van der Waals surface area contributed by atoms with E-state index in [4.69, 9.17) is 9.47 Å². The van der Waals surface area contributed by atoms with Gasteiger partial charge in [0.15, 0.2) is 0 Å². The minimum absolute atomic E-state index is 0.344. The highest BCUT2D eigenvalue weighted by Gasteiger charge is 2.10. The van der Waals surface area contributed by atoms with E-state index in [1.165, 1.54) is 32.1 Å². The number of rotatable bonds is 4. The molecule has 1 aromatic carbocycles. The van der Waals surface area contributed by atoms with E-state index in [9.17, 15) is 14.0 Å². The SMILES string of the molecule is CC(=O)OC(C=Cc1ccc(F)cc1)OC(C)=O. The summed E-state index contributed by atoms with van der Waals surface area (Å²) in [6.07, 6.45) is 1.89. The van der Waals surface area contributed by atoms with Gasteiger partial charge in [-0.1, -0.05) is 18.2 Å². The Balaban J connectivity index is 2.72. The average Bonchev–Trinajstić information content (AvgIpc) is 2.26. The highest BCUT2D eigenvalue weighted by Crippen LogP contribution is 2.07. The molecule has 0 unspecified atom stereocenters. The second-order valence-corrected chi connectivity index (χ2v) is 3.50. The van der Waals surface area contributed by atoms with Gasteiger partial charge in [-0.15, -0.1) is 0 Å². The number of esters is 2. The molecular weight excluding hydrogens is 239 g/mol. The minimum Gasteiger partial charge on any atom is -0.421 e. The van der Waals surface area contributed by atoms with Gasteiger partial charge in [-0.25, -0.2) is 4.39 Å². The van der Waals surface area contributed by atoms with E-state index in [0.717, 1.165) is 0 Å². The van der Waals surface area contributed by atoms with Gasteiger partial charge in [0.25, 0.3) is 6.29 Å². The first kappa shape index (κ1) is 13.9. The first-order chi connectivity index (χ1) is 8.47. The van der Waals surface area contributed by atoms with Gasteiger partial charge < -0.3 is 9.47 Å². The number of ether oxygens (including phenoxy) is 2. The van der Waals surface area contributed by atoms with Gasteiger partial charge in [0.1, 0.15) is 5.82 Å². The molecule has 0 bridgehead atoms. The van der Waals surface area contributed by atoms with Crippen molar-refractivity contribution in [1.82, 2.24) is 0 Å². The molecule has 4 nitrogen and oxygen atoms in total. The maximum Gasteiger partial charge on any atom is 0.305 e. The van der Waals surface area contributed by atoms with Crippen molar-refractivity contribution < 1.29 is 23.5 Å². The van der Waals surface area contributed by atoms with Gasteiger partial charge in [-0.05, 0) is 23.8 Å². The van der Waals surface area contributed by atoms with Crippen LogP contribution in [0.25, 0.3) is 6.08 Å². The highest BCUT2D eigenvalue weighted by molar-refractivity contribution is 5.68. The van der Waals surface area contributed by atoms with Crippen LogP contribution in [0.15, 0.2) is 30.3 Å². The Kier molecular flexibility index (Phi) is 5.05. The predicted molar refractivity (Wildman–Crippen MR) is 62.8 cm³/mol. The zero-order chi connectivity index (χ0) is 13.5. The lowest BCUT2D eigenvalue weighted by Gasteiger charge is -2.12. The molecule has 0 spiro atoms. The van der Waals surface area contributed by atoms with E-state index in [0.29, 0.717) is 5.56 Å². The van der Waals surface area contributed by atoms with Crippen LogP contribution in [0.4, 0.5) is 4.39 Å². The van der Waals surface area contributed by atoms with Gasteiger partial charge in [0, 0.05) is 13.8 Å². The summed E-state index contributed by atoms with van der Waals surface area (Å²) in [4.78, 5) is 21.6. The van der Waals surface area contributed by atoms with Crippen LogP contribution in [0.5, 0.6) is 0 Å². The molecule has 0 saturated carbocycles. The van der Waals surface area contributed by atoms with E-state index in [-0.39, 0.29) is 5.82 Å². The molecule has 5 heteroatoms. The molecule has 1 rings (SSSR count). The Morgan fingerprint density at radius 3 is 2.06 bits per heavy atom. The number of halogens is 1. The Bertz CT molecular complexity index is 435. The first-order valence-corrected chi connectivity index (χ1v) is 5.25. The summed E-state index contributed by atoms with van der Waals surface area (Å²) in [6, 6.07) is 5.69. The van der Waals surface area contributed by atoms with Crippen molar-refractivity contribution in [2.45, 2.75) is 20.1 Å². The molecule has 18 heavy (non-hydrogen) atoms. The number of benzene rings is 1. The third kappa shape index (κ3) is 5.25. The number of hydrogen-bond acceptors (Lipinski definition) is 4. The van der Waals surface area contributed by atoms with Crippen LogP contribution < -0.4 is 0 Å². The summed E-state index contributed by atoms with van der Waals surface area (Å²) in [5.74, 6) is -1.47. The van der Waals surface area contributed by atoms with Crippen LogP contribution in [0.2, 0.25) is 0 Å². The molecule has 0 radical (unpaired) electrons. The van der Waals surface area contributed by atoms with Gasteiger partial charge in [0.2, 0.25) is 0 Å². The van der Waals surface area contributed by atoms with Crippen LogP contribution in [0.3, 0.4) is 0 Å². The van der Waals surface area contributed by atoms with Gasteiger partial charge in [-0.3, -0.25) is 9.59 Å². The summed E-state index contributed by atoms with van der Waals surface area (Å²) < 4.78 is 22.2. The Morgan fingerprint density at radius 2 is 1.61 bits per heavy atom. The lowest BCUT2D eigenvalue weighted by Crippen LogP contribution is -2.19. The van der Waals surface area contributed by atoms with Crippen LogP contribution in [-0.4, -0.2) is 18.2 Å². The zero-order valence-corrected chi connectivity index (χ0v) is 10.1. The smallest absolute Gasteiger partial charge is 0.305 e. The fourth-order valence-electron chi connectivity index (χ4n) is 1.19. The first-order valence-electron chi connectivity index (χ1n) is 5.25. The zero-order valence-electron chi connectivity index (χ0n) is 10.1. The summed E-state index contributed by atoms with van der Waals surface area (Å²) >= 11 is 0. The molecule has 0 N–H and O–H groups in total. The standard InChI is InChI=1S/C13H13FO4/c1-9(15)17-13(18-10(2)16)8-5-11-3-6-12(14)7-4-11/h3-8,13H,1-2H3. The van der Waals surface area contributed by atoms with Crippen molar-refractivity contribution in [2.75, 3.05) is 0 Å². The van der Waals surface area contributed by atoms with E-state index in [1.807, 2.05) is 0 Å².